The van der Waals surface area contributed by atoms with Gasteiger partial charge in [-0.1, -0.05) is 24.3 Å². The number of hydrogen-bond acceptors (Lipinski definition) is 3. The number of halogens is 2. The van der Waals surface area contributed by atoms with E-state index in [1.165, 1.54) is 0 Å². The Morgan fingerprint density at radius 2 is 1.87 bits per heavy atom. The fourth-order valence-corrected chi connectivity index (χ4v) is 3.59. The van der Waals surface area contributed by atoms with Gasteiger partial charge in [0.2, 0.25) is 0 Å². The summed E-state index contributed by atoms with van der Waals surface area (Å²) >= 11 is 0. The standard InChI is InChI=1S/C23H31FN4O.HI/c1-25-23(26-16-18-9-10-22(24)19(15-18)17-27(2)3)28-13-11-21(12-14-28)29-20-7-5-4-6-8-20;/h4-10,15,21H,11-14,16-17H2,1-3H3,(H,25,26);1H. The van der Waals surface area contributed by atoms with Crippen LogP contribution < -0.4 is 10.1 Å². The second-order valence-electron chi connectivity index (χ2n) is 7.68. The van der Waals surface area contributed by atoms with E-state index < -0.39 is 0 Å². The molecule has 0 bridgehead atoms. The van der Waals surface area contributed by atoms with Gasteiger partial charge in [-0.15, -0.1) is 24.0 Å². The summed E-state index contributed by atoms with van der Waals surface area (Å²) in [5.74, 6) is 1.65. The number of aliphatic imine (C=N–C) groups is 1. The summed E-state index contributed by atoms with van der Waals surface area (Å²) in [5.41, 5.74) is 1.76. The number of piperidine rings is 1. The van der Waals surface area contributed by atoms with Crippen LogP contribution in [0, 0.1) is 5.82 Å². The number of hydrogen-bond donors (Lipinski definition) is 1. The molecule has 0 aliphatic carbocycles. The molecule has 1 N–H and O–H groups in total. The highest BCUT2D eigenvalue weighted by molar-refractivity contribution is 14.0. The Morgan fingerprint density at radius 3 is 2.50 bits per heavy atom. The van der Waals surface area contributed by atoms with Gasteiger partial charge in [0, 0.05) is 51.6 Å². The van der Waals surface area contributed by atoms with Crippen LogP contribution in [0.25, 0.3) is 0 Å². The van der Waals surface area contributed by atoms with Crippen molar-refractivity contribution < 1.29 is 9.13 Å². The minimum Gasteiger partial charge on any atom is -0.490 e. The number of benzene rings is 2. The lowest BCUT2D eigenvalue weighted by Gasteiger charge is -2.34. The molecule has 0 aromatic heterocycles. The predicted octanol–water partition coefficient (Wildman–Crippen LogP) is 4.12. The molecular weight excluding hydrogens is 494 g/mol. The smallest absolute Gasteiger partial charge is 0.193 e. The normalized spacial score (nSPS) is 15.1. The molecule has 0 amide bonds. The van der Waals surface area contributed by atoms with Gasteiger partial charge in [0.1, 0.15) is 17.7 Å². The van der Waals surface area contributed by atoms with Crippen LogP contribution in [-0.4, -0.2) is 56.1 Å². The number of nitrogens with one attached hydrogen (secondary N) is 1. The summed E-state index contributed by atoms with van der Waals surface area (Å²) < 4.78 is 20.1. The molecule has 1 aliphatic rings. The summed E-state index contributed by atoms with van der Waals surface area (Å²) in [5, 5.41) is 3.42. The van der Waals surface area contributed by atoms with Crippen molar-refractivity contribution in [3.63, 3.8) is 0 Å². The van der Waals surface area contributed by atoms with Crippen LogP contribution in [0.1, 0.15) is 24.0 Å². The zero-order valence-electron chi connectivity index (χ0n) is 18.0. The van der Waals surface area contributed by atoms with Crippen LogP contribution in [0.15, 0.2) is 53.5 Å². The van der Waals surface area contributed by atoms with Crippen molar-refractivity contribution in [3.8, 4) is 5.75 Å². The number of rotatable bonds is 6. The van der Waals surface area contributed by atoms with Crippen molar-refractivity contribution >= 4 is 29.9 Å². The molecule has 0 radical (unpaired) electrons. The van der Waals surface area contributed by atoms with Gasteiger partial charge in [-0.2, -0.15) is 0 Å². The van der Waals surface area contributed by atoms with Gasteiger partial charge in [-0.05, 0) is 43.9 Å². The van der Waals surface area contributed by atoms with E-state index in [0.717, 1.165) is 43.2 Å². The molecule has 2 aromatic carbocycles. The van der Waals surface area contributed by atoms with Gasteiger partial charge in [0.05, 0.1) is 0 Å². The minimum absolute atomic E-state index is 0. The lowest BCUT2D eigenvalue weighted by atomic mass is 10.1. The second kappa shape index (κ2) is 12.1. The Morgan fingerprint density at radius 1 is 1.17 bits per heavy atom. The molecular formula is C23H32FIN4O. The topological polar surface area (TPSA) is 40.1 Å². The van der Waals surface area contributed by atoms with E-state index in [2.05, 4.69) is 15.2 Å². The molecule has 5 nitrogen and oxygen atoms in total. The highest BCUT2D eigenvalue weighted by atomic mass is 127. The molecule has 7 heteroatoms. The first-order valence-corrected chi connectivity index (χ1v) is 10.1. The van der Waals surface area contributed by atoms with Gasteiger partial charge in [-0.3, -0.25) is 4.99 Å². The van der Waals surface area contributed by atoms with Gasteiger partial charge in [0.15, 0.2) is 5.96 Å². The molecule has 1 heterocycles. The van der Waals surface area contributed by atoms with E-state index in [-0.39, 0.29) is 35.9 Å². The number of ether oxygens (including phenoxy) is 1. The molecule has 0 unspecified atom stereocenters. The molecule has 1 saturated heterocycles. The zero-order valence-corrected chi connectivity index (χ0v) is 20.3. The van der Waals surface area contributed by atoms with Crippen molar-refractivity contribution in [1.29, 1.82) is 0 Å². The predicted molar refractivity (Wildman–Crippen MR) is 131 cm³/mol. The minimum atomic E-state index is -0.160. The average Bonchev–Trinajstić information content (AvgIpc) is 2.72. The highest BCUT2D eigenvalue weighted by Gasteiger charge is 2.22. The summed E-state index contributed by atoms with van der Waals surface area (Å²) in [6.07, 6.45) is 2.15. The maximum atomic E-state index is 14.0. The van der Waals surface area contributed by atoms with Crippen LogP contribution in [-0.2, 0) is 13.1 Å². The van der Waals surface area contributed by atoms with E-state index in [0.29, 0.717) is 18.7 Å². The SMILES string of the molecule is CN=C(NCc1ccc(F)c(CN(C)C)c1)N1CCC(Oc2ccccc2)CC1.I. The van der Waals surface area contributed by atoms with Gasteiger partial charge in [0.25, 0.3) is 0 Å². The van der Waals surface area contributed by atoms with Gasteiger partial charge in [-0.25, -0.2) is 4.39 Å². The molecule has 0 atom stereocenters. The maximum Gasteiger partial charge on any atom is 0.193 e. The molecule has 0 spiro atoms. The molecule has 1 aliphatic heterocycles. The largest absolute Gasteiger partial charge is 0.490 e. The fourth-order valence-electron chi connectivity index (χ4n) is 3.59. The van der Waals surface area contributed by atoms with E-state index >= 15 is 0 Å². The summed E-state index contributed by atoms with van der Waals surface area (Å²) in [6.45, 7) is 3.00. The van der Waals surface area contributed by atoms with Crippen LogP contribution >= 0.6 is 24.0 Å². The van der Waals surface area contributed by atoms with Crippen LogP contribution in [0.2, 0.25) is 0 Å². The highest BCUT2D eigenvalue weighted by Crippen LogP contribution is 2.19. The van der Waals surface area contributed by atoms with Gasteiger partial charge < -0.3 is 19.9 Å². The summed E-state index contributed by atoms with van der Waals surface area (Å²) in [7, 11) is 5.69. The Balaban J connectivity index is 0.00000320. The zero-order chi connectivity index (χ0) is 20.6. The van der Waals surface area contributed by atoms with Crippen LogP contribution in [0.4, 0.5) is 4.39 Å². The van der Waals surface area contributed by atoms with Crippen molar-refractivity contribution in [3.05, 3.63) is 65.5 Å². The fraction of sp³-hybridized carbons (Fsp3) is 0.435. The molecule has 0 saturated carbocycles. The molecule has 3 rings (SSSR count). The lowest BCUT2D eigenvalue weighted by molar-refractivity contribution is 0.129. The third-order valence-electron chi connectivity index (χ3n) is 5.05. The first-order valence-electron chi connectivity index (χ1n) is 10.1. The first-order chi connectivity index (χ1) is 14.0. The second-order valence-corrected chi connectivity index (χ2v) is 7.68. The third-order valence-corrected chi connectivity index (χ3v) is 5.05. The number of likely N-dealkylation sites (tertiary alicyclic amines) is 1. The Labute approximate surface area is 196 Å². The van der Waals surface area contributed by atoms with Crippen molar-refractivity contribution in [2.75, 3.05) is 34.2 Å². The number of para-hydroxylation sites is 1. The lowest BCUT2D eigenvalue weighted by Crippen LogP contribution is -2.47. The van der Waals surface area contributed by atoms with E-state index in [9.17, 15) is 4.39 Å². The number of nitrogens with zero attached hydrogens (tertiary/aromatic N) is 3. The Hall–Kier alpha value is -1.87. The summed E-state index contributed by atoms with van der Waals surface area (Å²) in [6, 6.07) is 15.3. The van der Waals surface area contributed by atoms with Gasteiger partial charge >= 0.3 is 0 Å². The van der Waals surface area contributed by atoms with E-state index in [1.807, 2.05) is 61.5 Å². The van der Waals surface area contributed by atoms with E-state index in [1.54, 1.807) is 13.1 Å². The van der Waals surface area contributed by atoms with Crippen molar-refractivity contribution in [2.24, 2.45) is 4.99 Å². The van der Waals surface area contributed by atoms with Crippen molar-refractivity contribution in [1.82, 2.24) is 15.1 Å². The van der Waals surface area contributed by atoms with E-state index in [4.69, 9.17) is 4.74 Å². The summed E-state index contributed by atoms with van der Waals surface area (Å²) in [4.78, 5) is 8.66. The van der Waals surface area contributed by atoms with Crippen LogP contribution in [0.3, 0.4) is 0 Å². The average molecular weight is 526 g/mol. The van der Waals surface area contributed by atoms with Crippen molar-refractivity contribution in [2.45, 2.75) is 32.0 Å². The molecule has 1 fully saturated rings. The first kappa shape index (κ1) is 24.4. The molecule has 2 aromatic rings. The molecule has 164 valence electrons. The maximum absolute atomic E-state index is 14.0. The Kier molecular flexibility index (Phi) is 9.84. The molecule has 30 heavy (non-hydrogen) atoms. The monoisotopic (exact) mass is 526 g/mol. The van der Waals surface area contributed by atoms with Crippen LogP contribution in [0.5, 0.6) is 5.75 Å². The quantitative estimate of drug-likeness (QED) is 0.349. The number of guanidine groups is 1. The Bertz CT molecular complexity index is 808. The third kappa shape index (κ3) is 7.12.